The number of aliphatic hydroxyl groups is 1. The summed E-state index contributed by atoms with van der Waals surface area (Å²) in [5, 5.41) is 10.9. The second-order valence-corrected chi connectivity index (χ2v) is 4.69. The summed E-state index contributed by atoms with van der Waals surface area (Å²) < 4.78 is 0. The predicted molar refractivity (Wildman–Crippen MR) is 74.6 cm³/mol. The van der Waals surface area contributed by atoms with Gasteiger partial charge in [-0.3, -0.25) is 4.79 Å². The molecule has 0 spiro atoms. The van der Waals surface area contributed by atoms with Gasteiger partial charge in [0.15, 0.2) is 5.60 Å². The minimum Gasteiger partial charge on any atom is -0.372 e. The molecule has 0 bridgehead atoms. The second kappa shape index (κ2) is 4.86. The highest BCUT2D eigenvalue weighted by Crippen LogP contribution is 2.32. The molecule has 0 radical (unpaired) electrons. The lowest BCUT2D eigenvalue weighted by molar-refractivity contribution is -0.133. The molecule has 0 aliphatic rings. The zero-order valence-electron chi connectivity index (χ0n) is 11.1. The van der Waals surface area contributed by atoms with Crippen LogP contribution in [0, 0.1) is 13.8 Å². The van der Waals surface area contributed by atoms with Crippen LogP contribution >= 0.6 is 0 Å². The molecule has 3 heteroatoms. The normalized spacial score (nSPS) is 13.8. The van der Waals surface area contributed by atoms with Crippen LogP contribution in [0.4, 0.5) is 0 Å². The van der Waals surface area contributed by atoms with E-state index in [2.05, 4.69) is 0 Å². The van der Waals surface area contributed by atoms with Crippen molar-refractivity contribution in [2.24, 2.45) is 5.73 Å². The van der Waals surface area contributed by atoms with Crippen molar-refractivity contribution < 1.29 is 9.90 Å². The predicted octanol–water partition coefficient (Wildman–Crippen LogP) is 2.02. The topological polar surface area (TPSA) is 63.3 Å². The second-order valence-electron chi connectivity index (χ2n) is 4.69. The summed E-state index contributed by atoms with van der Waals surface area (Å²) in [6.07, 6.45) is 0. The van der Waals surface area contributed by atoms with Gasteiger partial charge in [0.2, 0.25) is 0 Å². The van der Waals surface area contributed by atoms with Crippen LogP contribution < -0.4 is 5.73 Å². The summed E-state index contributed by atoms with van der Waals surface area (Å²) in [6.45, 7) is 3.81. The van der Waals surface area contributed by atoms with E-state index in [0.29, 0.717) is 11.1 Å². The lowest BCUT2D eigenvalue weighted by atomic mass is 9.82. The van der Waals surface area contributed by atoms with Gasteiger partial charge in [-0.15, -0.1) is 0 Å². The number of carbonyl (C=O) groups is 1. The first-order chi connectivity index (χ1) is 8.98. The first kappa shape index (κ1) is 13.3. The minimum atomic E-state index is -1.79. The third kappa shape index (κ3) is 2.13. The fourth-order valence-corrected chi connectivity index (χ4v) is 2.25. The number of benzene rings is 2. The molecule has 0 aliphatic carbocycles. The number of primary amides is 1. The van der Waals surface area contributed by atoms with Gasteiger partial charge in [0, 0.05) is 5.56 Å². The highest BCUT2D eigenvalue weighted by atomic mass is 16.3. The first-order valence-corrected chi connectivity index (χ1v) is 6.12. The lowest BCUT2D eigenvalue weighted by Gasteiger charge is -2.28. The van der Waals surface area contributed by atoms with Crippen LogP contribution in [0.5, 0.6) is 0 Å². The van der Waals surface area contributed by atoms with Gasteiger partial charge in [0.05, 0.1) is 0 Å². The van der Waals surface area contributed by atoms with Crippen molar-refractivity contribution in [2.45, 2.75) is 19.4 Å². The van der Waals surface area contributed by atoms with Crippen molar-refractivity contribution >= 4 is 5.91 Å². The van der Waals surface area contributed by atoms with Gasteiger partial charge in [0.25, 0.3) is 5.91 Å². The fraction of sp³-hybridized carbons (Fsp3) is 0.188. The van der Waals surface area contributed by atoms with Crippen molar-refractivity contribution in [1.29, 1.82) is 0 Å². The molecule has 3 N–H and O–H groups in total. The zero-order chi connectivity index (χ0) is 14.0. The standard InChI is InChI=1S/C16H17NO2/c1-11-7-6-10-14(12(11)2)16(19,15(17)18)13-8-4-3-5-9-13/h3-10,19H,1-2H3,(H2,17,18). The summed E-state index contributed by atoms with van der Waals surface area (Å²) in [5.41, 5.74) is 6.56. The summed E-state index contributed by atoms with van der Waals surface area (Å²) in [7, 11) is 0. The molecule has 3 nitrogen and oxygen atoms in total. The molecule has 0 fully saturated rings. The summed E-state index contributed by atoms with van der Waals surface area (Å²) in [5.74, 6) is -0.771. The van der Waals surface area contributed by atoms with E-state index in [-0.39, 0.29) is 0 Å². The largest absolute Gasteiger partial charge is 0.372 e. The molecule has 98 valence electrons. The van der Waals surface area contributed by atoms with E-state index in [4.69, 9.17) is 5.73 Å². The van der Waals surface area contributed by atoms with Crippen molar-refractivity contribution in [1.82, 2.24) is 0 Å². The van der Waals surface area contributed by atoms with E-state index < -0.39 is 11.5 Å². The molecule has 2 aromatic carbocycles. The Bertz CT molecular complexity index is 607. The number of rotatable bonds is 3. The van der Waals surface area contributed by atoms with Gasteiger partial charge in [-0.1, -0.05) is 48.5 Å². The number of nitrogens with two attached hydrogens (primary N) is 1. The molecule has 2 rings (SSSR count). The molecular formula is C16H17NO2. The maximum Gasteiger partial charge on any atom is 0.258 e. The van der Waals surface area contributed by atoms with E-state index in [0.717, 1.165) is 11.1 Å². The SMILES string of the molecule is Cc1cccc(C(O)(C(N)=O)c2ccccc2)c1C. The average Bonchev–Trinajstić information content (AvgIpc) is 2.42. The van der Waals surface area contributed by atoms with Crippen molar-refractivity contribution in [2.75, 3.05) is 0 Å². The van der Waals surface area contributed by atoms with Gasteiger partial charge >= 0.3 is 0 Å². The monoisotopic (exact) mass is 255 g/mol. The molecule has 0 saturated carbocycles. The summed E-state index contributed by atoms with van der Waals surface area (Å²) >= 11 is 0. The zero-order valence-corrected chi connectivity index (χ0v) is 11.1. The molecule has 0 aliphatic heterocycles. The Morgan fingerprint density at radius 1 is 1.05 bits per heavy atom. The number of aryl methyl sites for hydroxylation is 1. The minimum absolute atomic E-state index is 0.483. The van der Waals surface area contributed by atoms with Gasteiger partial charge in [-0.25, -0.2) is 0 Å². The van der Waals surface area contributed by atoms with Gasteiger partial charge < -0.3 is 10.8 Å². The van der Waals surface area contributed by atoms with Crippen LogP contribution in [0.3, 0.4) is 0 Å². The fourth-order valence-electron chi connectivity index (χ4n) is 2.25. The molecule has 0 saturated heterocycles. The number of hydrogen-bond acceptors (Lipinski definition) is 2. The van der Waals surface area contributed by atoms with E-state index in [1.54, 1.807) is 30.3 Å². The Hall–Kier alpha value is -2.13. The number of carbonyl (C=O) groups excluding carboxylic acids is 1. The van der Waals surface area contributed by atoms with Gasteiger partial charge in [0.1, 0.15) is 0 Å². The molecule has 0 heterocycles. The van der Waals surface area contributed by atoms with E-state index in [1.165, 1.54) is 0 Å². The van der Waals surface area contributed by atoms with Crippen LogP contribution in [0.15, 0.2) is 48.5 Å². The van der Waals surface area contributed by atoms with Crippen LogP contribution in [0.25, 0.3) is 0 Å². The molecule has 1 amide bonds. The Morgan fingerprint density at radius 3 is 2.26 bits per heavy atom. The van der Waals surface area contributed by atoms with Crippen molar-refractivity contribution in [3.05, 3.63) is 70.8 Å². The van der Waals surface area contributed by atoms with E-state index in [1.807, 2.05) is 32.0 Å². The maximum atomic E-state index is 11.9. The summed E-state index contributed by atoms with van der Waals surface area (Å²) in [4.78, 5) is 11.9. The molecule has 2 aromatic rings. The Balaban J connectivity index is 2.71. The third-order valence-corrected chi connectivity index (χ3v) is 3.54. The highest BCUT2D eigenvalue weighted by molar-refractivity contribution is 5.89. The smallest absolute Gasteiger partial charge is 0.258 e. The molecule has 0 aromatic heterocycles. The maximum absolute atomic E-state index is 11.9. The number of amides is 1. The lowest BCUT2D eigenvalue weighted by Crippen LogP contribution is -2.42. The molecule has 1 unspecified atom stereocenters. The van der Waals surface area contributed by atoms with E-state index in [9.17, 15) is 9.90 Å². The Morgan fingerprint density at radius 2 is 1.68 bits per heavy atom. The summed E-state index contributed by atoms with van der Waals surface area (Å²) in [6, 6.07) is 14.3. The van der Waals surface area contributed by atoms with Crippen molar-refractivity contribution in [3.63, 3.8) is 0 Å². The highest BCUT2D eigenvalue weighted by Gasteiger charge is 2.39. The van der Waals surface area contributed by atoms with Crippen LogP contribution in [-0.2, 0) is 10.4 Å². The quantitative estimate of drug-likeness (QED) is 0.881. The van der Waals surface area contributed by atoms with Gasteiger partial charge in [-0.2, -0.15) is 0 Å². The van der Waals surface area contributed by atoms with Crippen molar-refractivity contribution in [3.8, 4) is 0 Å². The van der Waals surface area contributed by atoms with Crippen LogP contribution in [0.1, 0.15) is 22.3 Å². The van der Waals surface area contributed by atoms with Gasteiger partial charge in [-0.05, 0) is 30.5 Å². The van der Waals surface area contributed by atoms with E-state index >= 15 is 0 Å². The molecule has 1 atom stereocenters. The van der Waals surface area contributed by atoms with Crippen LogP contribution in [0.2, 0.25) is 0 Å². The average molecular weight is 255 g/mol. The number of hydrogen-bond donors (Lipinski definition) is 2. The third-order valence-electron chi connectivity index (χ3n) is 3.54. The molecule has 19 heavy (non-hydrogen) atoms. The first-order valence-electron chi connectivity index (χ1n) is 6.12. The Kier molecular flexibility index (Phi) is 3.40. The molecular weight excluding hydrogens is 238 g/mol. The van der Waals surface area contributed by atoms with Crippen LogP contribution in [-0.4, -0.2) is 11.0 Å². The Labute approximate surface area is 112 Å².